The van der Waals surface area contributed by atoms with Gasteiger partial charge in [0.1, 0.15) is 12.0 Å². The quantitative estimate of drug-likeness (QED) is 0.633. The first-order valence-corrected chi connectivity index (χ1v) is 8.05. The molecule has 0 unspecified atom stereocenters. The van der Waals surface area contributed by atoms with Crippen molar-refractivity contribution in [3.63, 3.8) is 0 Å². The Morgan fingerprint density at radius 2 is 1.78 bits per heavy atom. The molecule has 4 N–H and O–H groups in total. The first kappa shape index (κ1) is 16.8. The van der Waals surface area contributed by atoms with Crippen LogP contribution in [-0.2, 0) is 6.54 Å². The number of nitrogens with two attached hydrogens (primary N) is 1. The Hall–Kier alpha value is -3.62. The van der Waals surface area contributed by atoms with Crippen molar-refractivity contribution in [2.75, 3.05) is 23.2 Å². The predicted molar refractivity (Wildman–Crippen MR) is 96.0 cm³/mol. The van der Waals surface area contributed by atoms with Crippen LogP contribution in [0, 0.1) is 11.6 Å². The molecule has 1 aromatic heterocycles. The van der Waals surface area contributed by atoms with E-state index in [4.69, 9.17) is 15.2 Å². The molecule has 0 atom stereocenters. The van der Waals surface area contributed by atoms with Gasteiger partial charge in [-0.1, -0.05) is 6.07 Å². The number of hydrogen-bond acceptors (Lipinski definition) is 7. The lowest BCUT2D eigenvalue weighted by Crippen LogP contribution is -2.08. The van der Waals surface area contributed by atoms with Gasteiger partial charge in [0.25, 0.3) is 0 Å². The van der Waals surface area contributed by atoms with Crippen LogP contribution in [0.3, 0.4) is 0 Å². The molecular formula is C18H15F2N5O2. The highest BCUT2D eigenvalue weighted by Gasteiger charge is 2.14. The molecule has 0 aliphatic carbocycles. The molecular weight excluding hydrogens is 356 g/mol. The molecule has 0 radical (unpaired) electrons. The van der Waals surface area contributed by atoms with E-state index in [9.17, 15) is 8.78 Å². The number of hydrogen-bond donors (Lipinski definition) is 3. The van der Waals surface area contributed by atoms with E-state index in [2.05, 4.69) is 20.6 Å². The van der Waals surface area contributed by atoms with E-state index in [1.54, 1.807) is 0 Å². The van der Waals surface area contributed by atoms with Crippen LogP contribution >= 0.6 is 0 Å². The molecule has 0 spiro atoms. The van der Waals surface area contributed by atoms with Gasteiger partial charge in [0, 0.05) is 18.3 Å². The minimum atomic E-state index is -0.964. The van der Waals surface area contributed by atoms with Crippen LogP contribution in [0.25, 0.3) is 0 Å². The van der Waals surface area contributed by atoms with Gasteiger partial charge in [-0.2, -0.15) is 0 Å². The van der Waals surface area contributed by atoms with Crippen molar-refractivity contribution in [3.05, 3.63) is 59.9 Å². The van der Waals surface area contributed by atoms with Gasteiger partial charge >= 0.3 is 0 Å². The van der Waals surface area contributed by atoms with Crippen LogP contribution in [-0.4, -0.2) is 16.8 Å². The Labute approximate surface area is 153 Å². The summed E-state index contributed by atoms with van der Waals surface area (Å²) in [5, 5.41) is 5.97. The zero-order chi connectivity index (χ0) is 18.8. The molecule has 9 heteroatoms. The summed E-state index contributed by atoms with van der Waals surface area (Å²) >= 11 is 0. The standard InChI is InChI=1S/C18H15F2N5O2/c19-12-3-2-11(6-13(12)20)25-18-16(21)17(23-8-24-18)22-7-10-1-4-14-15(5-10)27-9-26-14/h1-6,8H,7,9,21H2,(H2,22,23,24,25). The van der Waals surface area contributed by atoms with Gasteiger partial charge in [-0.25, -0.2) is 18.7 Å². The maximum atomic E-state index is 13.4. The summed E-state index contributed by atoms with van der Waals surface area (Å²) in [4.78, 5) is 8.17. The second-order valence-corrected chi connectivity index (χ2v) is 5.78. The highest BCUT2D eigenvalue weighted by atomic mass is 19.2. The van der Waals surface area contributed by atoms with Gasteiger partial charge in [0.2, 0.25) is 6.79 Å². The third-order valence-electron chi connectivity index (χ3n) is 3.96. The highest BCUT2D eigenvalue weighted by molar-refractivity contribution is 5.77. The molecule has 2 heterocycles. The van der Waals surface area contributed by atoms with Gasteiger partial charge < -0.3 is 25.8 Å². The second-order valence-electron chi connectivity index (χ2n) is 5.78. The van der Waals surface area contributed by atoms with Gasteiger partial charge in [-0.05, 0) is 29.8 Å². The maximum absolute atomic E-state index is 13.4. The number of ether oxygens (including phenoxy) is 2. The van der Waals surface area contributed by atoms with Crippen molar-refractivity contribution in [1.29, 1.82) is 0 Å². The summed E-state index contributed by atoms with van der Waals surface area (Å²) in [6.45, 7) is 0.659. The van der Waals surface area contributed by atoms with E-state index < -0.39 is 11.6 Å². The van der Waals surface area contributed by atoms with Gasteiger partial charge in [0.15, 0.2) is 34.8 Å². The number of fused-ring (bicyclic) bond motifs is 1. The minimum absolute atomic E-state index is 0.212. The molecule has 0 fully saturated rings. The third kappa shape index (κ3) is 3.52. The van der Waals surface area contributed by atoms with E-state index in [0.717, 1.165) is 17.7 Å². The van der Waals surface area contributed by atoms with Crippen LogP contribution in [0.2, 0.25) is 0 Å². The van der Waals surface area contributed by atoms with Crippen molar-refractivity contribution < 1.29 is 18.3 Å². The summed E-state index contributed by atoms with van der Waals surface area (Å²) in [6, 6.07) is 9.04. The first-order valence-electron chi connectivity index (χ1n) is 8.05. The molecule has 7 nitrogen and oxygen atoms in total. The van der Waals surface area contributed by atoms with E-state index in [0.29, 0.717) is 29.5 Å². The van der Waals surface area contributed by atoms with Crippen LogP contribution < -0.4 is 25.8 Å². The third-order valence-corrected chi connectivity index (χ3v) is 3.96. The Morgan fingerprint density at radius 3 is 2.63 bits per heavy atom. The summed E-state index contributed by atoms with van der Waals surface area (Å²) < 4.78 is 37.0. The summed E-state index contributed by atoms with van der Waals surface area (Å²) in [5.41, 5.74) is 7.62. The number of benzene rings is 2. The molecule has 1 aliphatic rings. The van der Waals surface area contributed by atoms with Crippen LogP contribution in [0.4, 0.5) is 31.8 Å². The average Bonchev–Trinajstić information content (AvgIpc) is 3.13. The van der Waals surface area contributed by atoms with E-state index in [-0.39, 0.29) is 18.3 Å². The Bertz CT molecular complexity index is 999. The molecule has 0 saturated carbocycles. The predicted octanol–water partition coefficient (Wildman–Crippen LogP) is 3.42. The molecule has 138 valence electrons. The minimum Gasteiger partial charge on any atom is -0.454 e. The van der Waals surface area contributed by atoms with Gasteiger partial charge in [-0.3, -0.25) is 0 Å². The smallest absolute Gasteiger partial charge is 0.231 e. The maximum Gasteiger partial charge on any atom is 0.231 e. The topological polar surface area (TPSA) is 94.3 Å². The fourth-order valence-electron chi connectivity index (χ4n) is 2.58. The number of halogens is 2. The van der Waals surface area contributed by atoms with E-state index >= 15 is 0 Å². The zero-order valence-electron chi connectivity index (χ0n) is 14.0. The monoisotopic (exact) mass is 371 g/mol. The zero-order valence-corrected chi connectivity index (χ0v) is 14.0. The number of aromatic nitrogens is 2. The lowest BCUT2D eigenvalue weighted by Gasteiger charge is -2.13. The largest absolute Gasteiger partial charge is 0.454 e. The van der Waals surface area contributed by atoms with Crippen molar-refractivity contribution in [2.24, 2.45) is 0 Å². The number of nitrogens with one attached hydrogen (secondary N) is 2. The number of anilines is 4. The lowest BCUT2D eigenvalue weighted by atomic mass is 10.2. The van der Waals surface area contributed by atoms with Gasteiger partial charge in [0.05, 0.1) is 0 Å². The van der Waals surface area contributed by atoms with Crippen molar-refractivity contribution >= 4 is 23.0 Å². The Kier molecular flexibility index (Phi) is 4.33. The van der Waals surface area contributed by atoms with Crippen LogP contribution in [0.1, 0.15) is 5.56 Å². The highest BCUT2D eigenvalue weighted by Crippen LogP contribution is 2.33. The summed E-state index contributed by atoms with van der Waals surface area (Å²) in [5.74, 6) is 0.192. The number of rotatable bonds is 5. The second kappa shape index (κ2) is 6.94. The first-order chi connectivity index (χ1) is 13.1. The van der Waals surface area contributed by atoms with Crippen LogP contribution in [0.15, 0.2) is 42.7 Å². The Balaban J connectivity index is 1.49. The van der Waals surface area contributed by atoms with Gasteiger partial charge in [-0.15, -0.1) is 0 Å². The fraction of sp³-hybridized carbons (Fsp3) is 0.111. The Morgan fingerprint density at radius 1 is 0.963 bits per heavy atom. The average molecular weight is 371 g/mol. The molecule has 4 rings (SSSR count). The lowest BCUT2D eigenvalue weighted by molar-refractivity contribution is 0.174. The molecule has 0 amide bonds. The molecule has 0 bridgehead atoms. The SMILES string of the molecule is Nc1c(NCc2ccc3c(c2)OCO3)ncnc1Nc1ccc(F)c(F)c1. The fourth-order valence-corrected chi connectivity index (χ4v) is 2.58. The number of nitrogens with zero attached hydrogens (tertiary/aromatic N) is 2. The molecule has 1 aliphatic heterocycles. The van der Waals surface area contributed by atoms with Crippen molar-refractivity contribution in [3.8, 4) is 11.5 Å². The number of nitrogen functional groups attached to an aromatic ring is 1. The summed E-state index contributed by atoms with van der Waals surface area (Å²) in [7, 11) is 0. The molecule has 2 aromatic carbocycles. The molecule has 3 aromatic rings. The van der Waals surface area contributed by atoms with Crippen LogP contribution in [0.5, 0.6) is 11.5 Å². The molecule has 0 saturated heterocycles. The van der Waals surface area contributed by atoms with Crippen molar-refractivity contribution in [2.45, 2.75) is 6.54 Å². The van der Waals surface area contributed by atoms with Crippen molar-refractivity contribution in [1.82, 2.24) is 9.97 Å². The molecule has 27 heavy (non-hydrogen) atoms. The normalized spacial score (nSPS) is 12.1. The van der Waals surface area contributed by atoms with E-state index in [1.807, 2.05) is 18.2 Å². The van der Waals surface area contributed by atoms with E-state index in [1.165, 1.54) is 12.4 Å². The summed E-state index contributed by atoms with van der Waals surface area (Å²) in [6.07, 6.45) is 1.32.